The van der Waals surface area contributed by atoms with Gasteiger partial charge in [0.1, 0.15) is 12.2 Å². The molecule has 9 nitrogen and oxygen atoms in total. The quantitative estimate of drug-likeness (QED) is 0.0242. The topological polar surface area (TPSA) is 132 Å². The van der Waals surface area contributed by atoms with E-state index in [0.29, 0.717) is 6.61 Å². The van der Waals surface area contributed by atoms with Gasteiger partial charge in [-0.3, -0.25) is 13.8 Å². The molecule has 0 aromatic carbocycles. The summed E-state index contributed by atoms with van der Waals surface area (Å²) in [5.74, 6) is -0.388. The minimum Gasteiger partial charge on any atom is -0.457 e. The fourth-order valence-electron chi connectivity index (χ4n) is 5.94. The number of rotatable bonds is 41. The van der Waals surface area contributed by atoms with Crippen molar-refractivity contribution in [2.24, 2.45) is 0 Å². The first-order valence-corrected chi connectivity index (χ1v) is 22.7. The number of carbonyl (C=O) groups is 1. The molecule has 0 saturated carbocycles. The molecule has 0 saturated heterocycles. The minimum absolute atomic E-state index is 0.0516. The molecule has 10 heteroatoms. The van der Waals surface area contributed by atoms with Gasteiger partial charge in [-0.1, -0.05) is 167 Å². The number of aliphatic hydroxyl groups excluding tert-OH is 2. The van der Waals surface area contributed by atoms with Crippen LogP contribution in [0.1, 0.15) is 200 Å². The Balaban J connectivity index is 4.16. The normalized spacial score (nSPS) is 14.2. The molecule has 0 spiro atoms. The van der Waals surface area contributed by atoms with Gasteiger partial charge in [0.2, 0.25) is 0 Å². The van der Waals surface area contributed by atoms with Crippen LogP contribution in [0.3, 0.4) is 0 Å². The van der Waals surface area contributed by atoms with E-state index in [9.17, 15) is 19.4 Å². The molecular weight excluding hydrogens is 667 g/mol. The van der Waals surface area contributed by atoms with Crippen molar-refractivity contribution < 1.29 is 43.0 Å². The molecule has 3 N–H and O–H groups in total. The van der Waals surface area contributed by atoms with Crippen LogP contribution in [0.15, 0.2) is 12.2 Å². The Morgan fingerprint density at radius 1 is 0.588 bits per heavy atom. The Kier molecular flexibility index (Phi) is 38.3. The molecule has 0 bridgehead atoms. The molecular formula is C41H81O9P. The second kappa shape index (κ2) is 38.9. The average molecular weight is 749 g/mol. The van der Waals surface area contributed by atoms with Crippen molar-refractivity contribution in [2.45, 2.75) is 212 Å². The minimum atomic E-state index is -4.51. The Bertz CT molecular complexity index is 810. The Morgan fingerprint density at radius 3 is 1.47 bits per heavy atom. The maximum atomic E-state index is 12.6. The molecule has 0 amide bonds. The third-order valence-corrected chi connectivity index (χ3v) is 10.2. The highest BCUT2D eigenvalue weighted by Crippen LogP contribution is 2.43. The molecule has 0 aliphatic heterocycles. The second-order valence-electron chi connectivity index (χ2n) is 14.4. The Hall–Kier alpha value is -0.800. The van der Waals surface area contributed by atoms with Crippen LogP contribution in [-0.2, 0) is 27.9 Å². The summed E-state index contributed by atoms with van der Waals surface area (Å²) in [5.41, 5.74) is 0. The zero-order valence-corrected chi connectivity index (χ0v) is 34.0. The molecule has 0 fully saturated rings. The van der Waals surface area contributed by atoms with Gasteiger partial charge in [0, 0.05) is 13.0 Å². The highest BCUT2D eigenvalue weighted by molar-refractivity contribution is 7.47. The average Bonchev–Trinajstić information content (AvgIpc) is 3.12. The zero-order chi connectivity index (χ0) is 37.5. The van der Waals surface area contributed by atoms with E-state index in [4.69, 9.17) is 23.6 Å². The van der Waals surface area contributed by atoms with Crippen molar-refractivity contribution in [1.29, 1.82) is 0 Å². The number of unbranched alkanes of at least 4 members (excludes halogenated alkanes) is 25. The SMILES string of the molecule is CCCCCCC/C=C\CCCCCCCC(=O)OC(COCCCCCCCCCCCCCCCCCC)COP(=O)(O)OCC(O)CO. The van der Waals surface area contributed by atoms with Crippen LogP contribution in [0.25, 0.3) is 0 Å². The molecule has 0 aliphatic carbocycles. The van der Waals surface area contributed by atoms with Crippen molar-refractivity contribution in [3.05, 3.63) is 12.2 Å². The van der Waals surface area contributed by atoms with E-state index in [1.54, 1.807) is 0 Å². The summed E-state index contributed by atoms with van der Waals surface area (Å²) < 4.78 is 33.3. The van der Waals surface area contributed by atoms with Crippen LogP contribution in [0.4, 0.5) is 0 Å². The molecule has 0 radical (unpaired) electrons. The van der Waals surface area contributed by atoms with E-state index < -0.39 is 33.2 Å². The van der Waals surface area contributed by atoms with Crippen molar-refractivity contribution in [1.82, 2.24) is 0 Å². The van der Waals surface area contributed by atoms with Crippen LogP contribution in [0, 0.1) is 0 Å². The molecule has 304 valence electrons. The standard InChI is InChI=1S/C41H81O9P/c1-3-5-7-9-11-13-15-17-19-20-22-24-26-28-30-32-34-47-37-40(38-49-51(45,46)48-36-39(43)35-42)50-41(44)33-31-29-27-25-23-21-18-16-14-12-10-8-6-4-2/h16,18,39-40,42-43H,3-15,17,19-38H2,1-2H3,(H,45,46)/b18-16-. The van der Waals surface area contributed by atoms with Gasteiger partial charge in [0.25, 0.3) is 0 Å². The number of carbonyl (C=O) groups excluding carboxylic acids is 1. The predicted octanol–water partition coefficient (Wildman–Crippen LogP) is 11.3. The number of ether oxygens (including phenoxy) is 2. The fraction of sp³-hybridized carbons (Fsp3) is 0.927. The third kappa shape index (κ3) is 38.7. The lowest BCUT2D eigenvalue weighted by Gasteiger charge is -2.20. The van der Waals surface area contributed by atoms with Gasteiger partial charge in [0.05, 0.1) is 26.4 Å². The van der Waals surface area contributed by atoms with Gasteiger partial charge in [0.15, 0.2) is 0 Å². The lowest BCUT2D eigenvalue weighted by molar-refractivity contribution is -0.154. The van der Waals surface area contributed by atoms with Crippen LogP contribution in [0.2, 0.25) is 0 Å². The first kappa shape index (κ1) is 50.2. The van der Waals surface area contributed by atoms with Crippen molar-refractivity contribution >= 4 is 13.8 Å². The van der Waals surface area contributed by atoms with E-state index in [2.05, 4.69) is 26.0 Å². The number of phosphoric ester groups is 1. The van der Waals surface area contributed by atoms with Crippen molar-refractivity contribution in [2.75, 3.05) is 33.0 Å². The van der Waals surface area contributed by atoms with Gasteiger partial charge in [-0.2, -0.15) is 0 Å². The van der Waals surface area contributed by atoms with E-state index in [0.717, 1.165) is 51.4 Å². The monoisotopic (exact) mass is 749 g/mol. The maximum absolute atomic E-state index is 12.6. The van der Waals surface area contributed by atoms with Crippen LogP contribution < -0.4 is 0 Å². The largest absolute Gasteiger partial charge is 0.472 e. The summed E-state index contributed by atoms with van der Waals surface area (Å²) in [5, 5.41) is 18.3. The van der Waals surface area contributed by atoms with Crippen molar-refractivity contribution in [3.8, 4) is 0 Å². The zero-order valence-electron chi connectivity index (χ0n) is 33.1. The Morgan fingerprint density at radius 2 is 1.00 bits per heavy atom. The smallest absolute Gasteiger partial charge is 0.457 e. The van der Waals surface area contributed by atoms with Crippen molar-refractivity contribution in [3.63, 3.8) is 0 Å². The fourth-order valence-corrected chi connectivity index (χ4v) is 6.73. The predicted molar refractivity (Wildman–Crippen MR) is 210 cm³/mol. The summed E-state index contributed by atoms with van der Waals surface area (Å²) in [4.78, 5) is 22.5. The lowest BCUT2D eigenvalue weighted by atomic mass is 10.0. The van der Waals surface area contributed by atoms with Crippen LogP contribution in [0.5, 0.6) is 0 Å². The highest BCUT2D eigenvalue weighted by atomic mass is 31.2. The number of aliphatic hydroxyl groups is 2. The lowest BCUT2D eigenvalue weighted by Crippen LogP contribution is -2.29. The molecule has 0 heterocycles. The molecule has 51 heavy (non-hydrogen) atoms. The summed E-state index contributed by atoms with van der Waals surface area (Å²) in [6.07, 6.45) is 37.3. The van der Waals surface area contributed by atoms with E-state index in [1.165, 1.54) is 128 Å². The number of hydrogen-bond acceptors (Lipinski definition) is 8. The highest BCUT2D eigenvalue weighted by Gasteiger charge is 2.26. The molecule has 0 aromatic heterocycles. The summed E-state index contributed by atoms with van der Waals surface area (Å²) in [6.45, 7) is 3.53. The molecule has 0 rings (SSSR count). The number of phosphoric acid groups is 1. The summed E-state index contributed by atoms with van der Waals surface area (Å²) in [6, 6.07) is 0. The second-order valence-corrected chi connectivity index (χ2v) is 15.8. The molecule has 3 unspecified atom stereocenters. The third-order valence-electron chi connectivity index (χ3n) is 9.20. The van der Waals surface area contributed by atoms with Gasteiger partial charge in [-0.25, -0.2) is 4.57 Å². The van der Waals surface area contributed by atoms with Gasteiger partial charge >= 0.3 is 13.8 Å². The van der Waals surface area contributed by atoms with Crippen LogP contribution >= 0.6 is 7.82 Å². The van der Waals surface area contributed by atoms with Gasteiger partial charge < -0.3 is 24.6 Å². The number of hydrogen-bond donors (Lipinski definition) is 3. The van der Waals surface area contributed by atoms with E-state index in [1.807, 2.05) is 0 Å². The van der Waals surface area contributed by atoms with E-state index in [-0.39, 0.29) is 25.6 Å². The van der Waals surface area contributed by atoms with E-state index >= 15 is 0 Å². The molecule has 0 aromatic rings. The molecule has 0 aliphatic rings. The van der Waals surface area contributed by atoms with Gasteiger partial charge in [-0.15, -0.1) is 0 Å². The number of allylic oxidation sites excluding steroid dienone is 2. The Labute approximate surface area is 313 Å². The maximum Gasteiger partial charge on any atom is 0.472 e. The first-order valence-electron chi connectivity index (χ1n) is 21.2. The molecule has 3 atom stereocenters. The number of esters is 1. The summed E-state index contributed by atoms with van der Waals surface area (Å²) >= 11 is 0. The summed E-state index contributed by atoms with van der Waals surface area (Å²) in [7, 11) is -4.51. The van der Waals surface area contributed by atoms with Gasteiger partial charge in [-0.05, 0) is 38.5 Å². The first-order chi connectivity index (χ1) is 24.8. The van der Waals surface area contributed by atoms with Crippen LogP contribution in [-0.4, -0.2) is 66.3 Å².